The van der Waals surface area contributed by atoms with Gasteiger partial charge in [0.2, 0.25) is 0 Å². The van der Waals surface area contributed by atoms with Crippen molar-refractivity contribution in [2.75, 3.05) is 40.0 Å². The van der Waals surface area contributed by atoms with Crippen LogP contribution in [0.15, 0.2) is 24.3 Å². The molecule has 0 aliphatic heterocycles. The van der Waals surface area contributed by atoms with Crippen LogP contribution in [0.1, 0.15) is 19.8 Å². The van der Waals surface area contributed by atoms with Gasteiger partial charge in [0.15, 0.2) is 0 Å². The molecule has 0 aliphatic carbocycles. The van der Waals surface area contributed by atoms with Crippen molar-refractivity contribution in [2.24, 2.45) is 0 Å². The van der Waals surface area contributed by atoms with Gasteiger partial charge in [-0.05, 0) is 38.4 Å². The molecule has 1 rings (SSSR count). The largest absolute Gasteiger partial charge is 0.494 e. The Bertz CT molecular complexity index is 331. The summed E-state index contributed by atoms with van der Waals surface area (Å²) in [5, 5.41) is 3.31. The molecule has 0 saturated carbocycles. The molecular weight excluding hydrogens is 242 g/mol. The van der Waals surface area contributed by atoms with Gasteiger partial charge in [0.1, 0.15) is 11.5 Å². The van der Waals surface area contributed by atoms with Crippen molar-refractivity contribution >= 4 is 0 Å². The molecule has 0 heterocycles. The standard InChI is InChI=1S/C15H25NO3/c1-3-18-14-7-6-8-15(13-14)19-11-5-4-9-16-10-12-17-2/h6-8,13,16H,3-5,9-12H2,1-2H3. The molecule has 1 aromatic carbocycles. The molecule has 1 N–H and O–H groups in total. The molecule has 19 heavy (non-hydrogen) atoms. The summed E-state index contributed by atoms with van der Waals surface area (Å²) < 4.78 is 16.1. The van der Waals surface area contributed by atoms with Gasteiger partial charge < -0.3 is 19.5 Å². The lowest BCUT2D eigenvalue weighted by Crippen LogP contribution is -2.20. The predicted molar refractivity (Wildman–Crippen MR) is 77.1 cm³/mol. The number of benzene rings is 1. The third-order valence-corrected chi connectivity index (χ3v) is 2.62. The minimum atomic E-state index is 0.677. The van der Waals surface area contributed by atoms with Crippen LogP contribution in [0.2, 0.25) is 0 Å². The molecule has 0 unspecified atom stereocenters. The van der Waals surface area contributed by atoms with Crippen LogP contribution in [0.25, 0.3) is 0 Å². The van der Waals surface area contributed by atoms with Crippen LogP contribution in [-0.2, 0) is 4.74 Å². The number of nitrogens with one attached hydrogen (secondary N) is 1. The number of methoxy groups -OCH3 is 1. The lowest BCUT2D eigenvalue weighted by Gasteiger charge is -2.08. The fourth-order valence-electron chi connectivity index (χ4n) is 1.66. The number of ether oxygens (including phenoxy) is 3. The summed E-state index contributed by atoms with van der Waals surface area (Å²) in [5.41, 5.74) is 0. The molecule has 0 amide bonds. The molecule has 0 bridgehead atoms. The van der Waals surface area contributed by atoms with Crippen LogP contribution in [0.4, 0.5) is 0 Å². The molecule has 0 aliphatic rings. The molecule has 0 fully saturated rings. The molecule has 0 aromatic heterocycles. The van der Waals surface area contributed by atoms with E-state index in [1.807, 2.05) is 31.2 Å². The van der Waals surface area contributed by atoms with Gasteiger partial charge in [-0.15, -0.1) is 0 Å². The van der Waals surface area contributed by atoms with Gasteiger partial charge in [0, 0.05) is 19.7 Å². The van der Waals surface area contributed by atoms with E-state index < -0.39 is 0 Å². The van der Waals surface area contributed by atoms with Gasteiger partial charge in [-0.1, -0.05) is 6.07 Å². The second-order valence-electron chi connectivity index (χ2n) is 4.21. The maximum absolute atomic E-state index is 5.69. The Hall–Kier alpha value is -1.26. The lowest BCUT2D eigenvalue weighted by molar-refractivity contribution is 0.199. The third kappa shape index (κ3) is 7.70. The van der Waals surface area contributed by atoms with Crippen molar-refractivity contribution in [1.29, 1.82) is 0 Å². The molecular formula is C15H25NO3. The maximum Gasteiger partial charge on any atom is 0.122 e. The molecule has 108 valence electrons. The van der Waals surface area contributed by atoms with Gasteiger partial charge >= 0.3 is 0 Å². The highest BCUT2D eigenvalue weighted by Gasteiger charge is 1.97. The Kier molecular flexibility index (Phi) is 8.85. The Morgan fingerprint density at radius 2 is 1.79 bits per heavy atom. The first-order valence-electron chi connectivity index (χ1n) is 6.92. The van der Waals surface area contributed by atoms with Gasteiger partial charge in [0.25, 0.3) is 0 Å². The minimum absolute atomic E-state index is 0.677. The summed E-state index contributed by atoms with van der Waals surface area (Å²) in [7, 11) is 1.71. The molecule has 0 radical (unpaired) electrons. The maximum atomic E-state index is 5.69. The van der Waals surface area contributed by atoms with E-state index in [2.05, 4.69) is 5.32 Å². The second-order valence-corrected chi connectivity index (χ2v) is 4.21. The molecule has 0 atom stereocenters. The summed E-state index contributed by atoms with van der Waals surface area (Å²) in [6, 6.07) is 7.78. The summed E-state index contributed by atoms with van der Waals surface area (Å²) >= 11 is 0. The highest BCUT2D eigenvalue weighted by atomic mass is 16.5. The first-order chi connectivity index (χ1) is 9.36. The van der Waals surface area contributed by atoms with Crippen molar-refractivity contribution in [2.45, 2.75) is 19.8 Å². The average Bonchev–Trinajstić information content (AvgIpc) is 2.43. The van der Waals surface area contributed by atoms with Crippen LogP contribution in [0, 0.1) is 0 Å². The van der Waals surface area contributed by atoms with E-state index in [-0.39, 0.29) is 0 Å². The third-order valence-electron chi connectivity index (χ3n) is 2.62. The topological polar surface area (TPSA) is 39.7 Å². The van der Waals surface area contributed by atoms with E-state index in [0.717, 1.165) is 50.6 Å². The quantitative estimate of drug-likeness (QED) is 0.625. The zero-order valence-electron chi connectivity index (χ0n) is 12.0. The second kappa shape index (κ2) is 10.6. The van der Waals surface area contributed by atoms with Crippen LogP contribution in [0.3, 0.4) is 0 Å². The smallest absolute Gasteiger partial charge is 0.122 e. The molecule has 1 aromatic rings. The number of hydrogen-bond donors (Lipinski definition) is 1. The van der Waals surface area contributed by atoms with Crippen LogP contribution < -0.4 is 14.8 Å². The highest BCUT2D eigenvalue weighted by molar-refractivity contribution is 5.32. The number of hydrogen-bond acceptors (Lipinski definition) is 4. The minimum Gasteiger partial charge on any atom is -0.494 e. The predicted octanol–water partition coefficient (Wildman–Crippen LogP) is 2.48. The van der Waals surface area contributed by atoms with Crippen molar-refractivity contribution < 1.29 is 14.2 Å². The normalized spacial score (nSPS) is 10.4. The van der Waals surface area contributed by atoms with Gasteiger partial charge in [-0.3, -0.25) is 0 Å². The van der Waals surface area contributed by atoms with E-state index in [1.54, 1.807) is 7.11 Å². The summed E-state index contributed by atoms with van der Waals surface area (Å²) in [5.74, 6) is 1.74. The van der Waals surface area contributed by atoms with E-state index in [0.29, 0.717) is 6.61 Å². The molecule has 0 saturated heterocycles. The van der Waals surface area contributed by atoms with Crippen molar-refractivity contribution in [3.8, 4) is 11.5 Å². The highest BCUT2D eigenvalue weighted by Crippen LogP contribution is 2.19. The van der Waals surface area contributed by atoms with Gasteiger partial charge in [-0.25, -0.2) is 0 Å². The lowest BCUT2D eigenvalue weighted by atomic mass is 10.3. The Balaban J connectivity index is 2.07. The first kappa shape index (κ1) is 15.8. The van der Waals surface area contributed by atoms with Crippen LogP contribution >= 0.6 is 0 Å². The molecule has 4 heteroatoms. The van der Waals surface area contributed by atoms with Crippen molar-refractivity contribution in [1.82, 2.24) is 5.32 Å². The fourth-order valence-corrected chi connectivity index (χ4v) is 1.66. The van der Waals surface area contributed by atoms with Gasteiger partial charge in [-0.2, -0.15) is 0 Å². The van der Waals surface area contributed by atoms with E-state index in [1.165, 1.54) is 0 Å². The number of rotatable bonds is 11. The van der Waals surface area contributed by atoms with Crippen LogP contribution in [-0.4, -0.2) is 40.0 Å². The zero-order valence-corrected chi connectivity index (χ0v) is 12.0. The summed E-state index contributed by atoms with van der Waals surface area (Å²) in [6.45, 7) is 6.07. The van der Waals surface area contributed by atoms with Crippen molar-refractivity contribution in [3.63, 3.8) is 0 Å². The Morgan fingerprint density at radius 1 is 1.00 bits per heavy atom. The monoisotopic (exact) mass is 267 g/mol. The SMILES string of the molecule is CCOc1cccc(OCCCCNCCOC)c1. The molecule has 4 nitrogen and oxygen atoms in total. The Labute approximate surface area is 116 Å². The average molecular weight is 267 g/mol. The van der Waals surface area contributed by atoms with Gasteiger partial charge in [0.05, 0.1) is 19.8 Å². The van der Waals surface area contributed by atoms with E-state index in [4.69, 9.17) is 14.2 Å². The van der Waals surface area contributed by atoms with E-state index in [9.17, 15) is 0 Å². The van der Waals surface area contributed by atoms with Crippen LogP contribution in [0.5, 0.6) is 11.5 Å². The number of unbranched alkanes of at least 4 members (excludes halogenated alkanes) is 1. The first-order valence-corrected chi connectivity index (χ1v) is 6.92. The zero-order chi connectivity index (χ0) is 13.8. The van der Waals surface area contributed by atoms with E-state index >= 15 is 0 Å². The summed E-state index contributed by atoms with van der Waals surface area (Å²) in [4.78, 5) is 0. The van der Waals surface area contributed by atoms with Crippen molar-refractivity contribution in [3.05, 3.63) is 24.3 Å². The molecule has 0 spiro atoms. The Morgan fingerprint density at radius 3 is 2.53 bits per heavy atom. The fraction of sp³-hybridized carbons (Fsp3) is 0.600. The summed E-state index contributed by atoms with van der Waals surface area (Å²) in [6.07, 6.45) is 2.15.